The van der Waals surface area contributed by atoms with Crippen molar-refractivity contribution in [3.63, 3.8) is 0 Å². The molecule has 1 heterocycles. The molecule has 2 N–H and O–H groups in total. The van der Waals surface area contributed by atoms with Crippen molar-refractivity contribution in [3.8, 4) is 0 Å². The average molecular weight is 414 g/mol. The molecule has 0 atom stereocenters. The summed E-state index contributed by atoms with van der Waals surface area (Å²) in [6, 6.07) is 8.76. The molecule has 30 heavy (non-hydrogen) atoms. The maximum absolute atomic E-state index is 12.8. The Labute approximate surface area is 182 Å². The number of nitrogens with one attached hydrogen (secondary N) is 2. The molecular weight excluding hydrogens is 374 g/mol. The van der Waals surface area contributed by atoms with Gasteiger partial charge in [0.25, 0.3) is 0 Å². The molecule has 6 heteroatoms. The smallest absolute Gasteiger partial charge is 0.230 e. The van der Waals surface area contributed by atoms with E-state index in [9.17, 15) is 4.79 Å². The first-order valence-corrected chi connectivity index (χ1v) is 11.3. The van der Waals surface area contributed by atoms with Crippen LogP contribution in [0, 0.1) is 5.41 Å². The topological polar surface area (TPSA) is 60.0 Å². The van der Waals surface area contributed by atoms with Gasteiger partial charge in [0.1, 0.15) is 0 Å². The van der Waals surface area contributed by atoms with Gasteiger partial charge in [0.2, 0.25) is 5.91 Å². The molecule has 1 saturated carbocycles. The van der Waals surface area contributed by atoms with Crippen molar-refractivity contribution < 1.29 is 4.79 Å². The van der Waals surface area contributed by atoms with Gasteiger partial charge < -0.3 is 15.5 Å². The largest absolute Gasteiger partial charge is 0.355 e. The lowest BCUT2D eigenvalue weighted by molar-refractivity contribution is -0.138. The number of carbonyl (C=O) groups excluding carboxylic acids is 1. The van der Waals surface area contributed by atoms with E-state index < -0.39 is 0 Å². The minimum atomic E-state index is -0.298. The predicted molar refractivity (Wildman–Crippen MR) is 124 cm³/mol. The van der Waals surface area contributed by atoms with Crippen LogP contribution in [0.3, 0.4) is 0 Å². The number of amides is 1. The highest BCUT2D eigenvalue weighted by Crippen LogP contribution is 2.38. The van der Waals surface area contributed by atoms with E-state index in [0.717, 1.165) is 57.7 Å². The van der Waals surface area contributed by atoms with Crippen molar-refractivity contribution in [3.05, 3.63) is 35.4 Å². The quantitative estimate of drug-likeness (QED) is 0.556. The zero-order valence-corrected chi connectivity index (χ0v) is 19.4. The Morgan fingerprint density at radius 3 is 2.47 bits per heavy atom. The van der Waals surface area contributed by atoms with Crippen molar-refractivity contribution in [1.29, 1.82) is 0 Å². The third-order valence-corrected chi connectivity index (χ3v) is 6.91. The van der Waals surface area contributed by atoms with E-state index >= 15 is 0 Å². The molecule has 166 valence electrons. The number of guanidine groups is 1. The van der Waals surface area contributed by atoms with Crippen molar-refractivity contribution in [2.45, 2.75) is 58.0 Å². The van der Waals surface area contributed by atoms with Gasteiger partial charge in [-0.25, -0.2) is 0 Å². The summed E-state index contributed by atoms with van der Waals surface area (Å²) in [5, 5.41) is 6.96. The molecule has 0 spiro atoms. The monoisotopic (exact) mass is 413 g/mol. The van der Waals surface area contributed by atoms with Crippen LogP contribution in [0.2, 0.25) is 0 Å². The normalized spacial score (nSPS) is 19.3. The van der Waals surface area contributed by atoms with Crippen molar-refractivity contribution in [2.24, 2.45) is 10.4 Å². The Kier molecular flexibility index (Phi) is 7.06. The minimum Gasteiger partial charge on any atom is -0.355 e. The lowest BCUT2D eigenvalue weighted by Crippen LogP contribution is -2.55. The second-order valence-electron chi connectivity index (χ2n) is 9.72. The number of rotatable bonds is 6. The summed E-state index contributed by atoms with van der Waals surface area (Å²) in [7, 11) is 5.51. The van der Waals surface area contributed by atoms with Gasteiger partial charge in [-0.3, -0.25) is 14.7 Å². The predicted octanol–water partition coefficient (Wildman–Crippen LogP) is 2.64. The minimum absolute atomic E-state index is 0.00431. The first-order chi connectivity index (χ1) is 14.3. The van der Waals surface area contributed by atoms with E-state index in [1.165, 1.54) is 11.1 Å². The van der Waals surface area contributed by atoms with Gasteiger partial charge in [0, 0.05) is 52.9 Å². The highest BCUT2D eigenvalue weighted by atomic mass is 16.2. The van der Waals surface area contributed by atoms with Crippen LogP contribution in [0.4, 0.5) is 0 Å². The van der Waals surface area contributed by atoms with Crippen LogP contribution in [0.25, 0.3) is 0 Å². The molecule has 1 amide bonds. The van der Waals surface area contributed by atoms with E-state index in [4.69, 9.17) is 0 Å². The molecule has 6 nitrogen and oxygen atoms in total. The van der Waals surface area contributed by atoms with Crippen LogP contribution < -0.4 is 10.6 Å². The maximum Gasteiger partial charge on any atom is 0.230 e. The number of nitrogens with zero attached hydrogens (tertiary/aromatic N) is 3. The number of fused-ring (bicyclic) bond motifs is 1. The first kappa shape index (κ1) is 22.6. The van der Waals surface area contributed by atoms with Gasteiger partial charge in [0.05, 0.1) is 5.41 Å². The summed E-state index contributed by atoms with van der Waals surface area (Å²) in [6.07, 6.45) is 5.24. The molecule has 3 rings (SSSR count). The number of hydrogen-bond acceptors (Lipinski definition) is 3. The highest BCUT2D eigenvalue weighted by Gasteiger charge is 2.42. The van der Waals surface area contributed by atoms with E-state index in [0.29, 0.717) is 6.54 Å². The Morgan fingerprint density at radius 1 is 1.17 bits per heavy atom. The van der Waals surface area contributed by atoms with Gasteiger partial charge in [-0.1, -0.05) is 37.1 Å². The molecule has 1 aliphatic heterocycles. The second-order valence-corrected chi connectivity index (χ2v) is 9.72. The molecule has 0 radical (unpaired) electrons. The molecule has 1 fully saturated rings. The number of hydrogen-bond donors (Lipinski definition) is 2. The fourth-order valence-electron chi connectivity index (χ4n) is 4.89. The zero-order chi connectivity index (χ0) is 21.8. The fourth-order valence-corrected chi connectivity index (χ4v) is 4.89. The van der Waals surface area contributed by atoms with Crippen LogP contribution in [0.1, 0.15) is 50.7 Å². The highest BCUT2D eigenvalue weighted by molar-refractivity contribution is 5.85. The molecule has 0 bridgehead atoms. The first-order valence-electron chi connectivity index (χ1n) is 11.3. The van der Waals surface area contributed by atoms with Crippen molar-refractivity contribution >= 4 is 11.9 Å². The second kappa shape index (κ2) is 9.38. The summed E-state index contributed by atoms with van der Waals surface area (Å²) in [6.45, 7) is 8.06. The van der Waals surface area contributed by atoms with E-state index in [-0.39, 0.29) is 16.9 Å². The lowest BCUT2D eigenvalue weighted by atomic mass is 9.84. The molecule has 1 aromatic carbocycles. The Morgan fingerprint density at radius 2 is 1.83 bits per heavy atom. The van der Waals surface area contributed by atoms with Gasteiger partial charge in [-0.2, -0.15) is 0 Å². The molecule has 1 aromatic rings. The van der Waals surface area contributed by atoms with Crippen LogP contribution in [-0.4, -0.2) is 68.0 Å². The van der Waals surface area contributed by atoms with Gasteiger partial charge >= 0.3 is 0 Å². The third kappa shape index (κ3) is 4.97. The Balaban J connectivity index is 1.56. The summed E-state index contributed by atoms with van der Waals surface area (Å²) in [5.74, 6) is 1.01. The molecule has 0 saturated heterocycles. The molecule has 0 unspecified atom stereocenters. The van der Waals surface area contributed by atoms with Gasteiger partial charge in [0.15, 0.2) is 5.96 Å². The summed E-state index contributed by atoms with van der Waals surface area (Å²) in [4.78, 5) is 21.5. The van der Waals surface area contributed by atoms with Crippen LogP contribution in [0.15, 0.2) is 29.3 Å². The average Bonchev–Trinajstić information content (AvgIpc) is 3.23. The lowest BCUT2D eigenvalue weighted by Gasteiger charge is -2.42. The third-order valence-electron chi connectivity index (χ3n) is 6.91. The molecule has 1 aliphatic carbocycles. The molecule has 0 aromatic heterocycles. The fraction of sp³-hybridized carbons (Fsp3) is 0.667. The number of carbonyl (C=O) groups is 1. The maximum atomic E-state index is 12.8. The SMILES string of the molecule is CN=C(NCC1(C(=O)N(C)C)CCCC1)NCC(C)(C)N1CCc2ccccc2C1. The van der Waals surface area contributed by atoms with Crippen LogP contribution in [-0.2, 0) is 17.8 Å². The van der Waals surface area contributed by atoms with Crippen LogP contribution in [0.5, 0.6) is 0 Å². The summed E-state index contributed by atoms with van der Waals surface area (Å²) >= 11 is 0. The molecule has 2 aliphatic rings. The van der Waals surface area contributed by atoms with Gasteiger partial charge in [-0.05, 0) is 44.2 Å². The van der Waals surface area contributed by atoms with E-state index in [1.807, 2.05) is 14.1 Å². The standard InChI is InChI=1S/C24H39N5O/c1-23(2,29-15-12-19-10-6-7-11-20(19)16-29)17-26-22(25-3)27-18-24(13-8-9-14-24)21(30)28(4)5/h6-7,10-11H,8-9,12-18H2,1-5H3,(H2,25,26,27). The van der Waals surface area contributed by atoms with E-state index in [1.54, 1.807) is 11.9 Å². The van der Waals surface area contributed by atoms with Crippen LogP contribution >= 0.6 is 0 Å². The zero-order valence-electron chi connectivity index (χ0n) is 19.4. The Bertz CT molecular complexity index is 765. The van der Waals surface area contributed by atoms with Gasteiger partial charge in [-0.15, -0.1) is 0 Å². The van der Waals surface area contributed by atoms with Crippen molar-refractivity contribution in [2.75, 3.05) is 40.8 Å². The number of benzene rings is 1. The Hall–Kier alpha value is -2.08. The molecular formula is C24H39N5O. The van der Waals surface area contributed by atoms with E-state index in [2.05, 4.69) is 58.6 Å². The number of aliphatic imine (C=N–C) groups is 1. The summed E-state index contributed by atoms with van der Waals surface area (Å²) < 4.78 is 0. The summed E-state index contributed by atoms with van der Waals surface area (Å²) in [5.41, 5.74) is 2.61. The van der Waals surface area contributed by atoms with Crippen molar-refractivity contribution in [1.82, 2.24) is 20.4 Å².